The second kappa shape index (κ2) is 5.30. The summed E-state index contributed by atoms with van der Waals surface area (Å²) < 4.78 is 0. The molecular formula is C11H21N3O2. The van der Waals surface area contributed by atoms with Crippen LogP contribution in [-0.2, 0) is 9.59 Å². The van der Waals surface area contributed by atoms with E-state index in [4.69, 9.17) is 5.73 Å². The van der Waals surface area contributed by atoms with Crippen LogP contribution in [0.2, 0.25) is 0 Å². The van der Waals surface area contributed by atoms with Crippen molar-refractivity contribution in [2.45, 2.75) is 26.8 Å². The quantitative estimate of drug-likeness (QED) is 0.702. The van der Waals surface area contributed by atoms with Crippen LogP contribution in [0.3, 0.4) is 0 Å². The van der Waals surface area contributed by atoms with Crippen LogP contribution >= 0.6 is 0 Å². The highest BCUT2D eigenvalue weighted by molar-refractivity contribution is 5.82. The number of nitrogens with two attached hydrogens (primary N) is 1. The summed E-state index contributed by atoms with van der Waals surface area (Å²) in [6, 6.07) is -0.452. The monoisotopic (exact) mass is 227 g/mol. The van der Waals surface area contributed by atoms with Crippen LogP contribution in [0.4, 0.5) is 0 Å². The molecule has 2 amide bonds. The van der Waals surface area contributed by atoms with Gasteiger partial charge >= 0.3 is 0 Å². The molecule has 1 heterocycles. The fraction of sp³-hybridized carbons (Fsp3) is 0.818. The van der Waals surface area contributed by atoms with Crippen molar-refractivity contribution < 1.29 is 9.59 Å². The first kappa shape index (κ1) is 13.0. The lowest BCUT2D eigenvalue weighted by atomic mass is 10.1. The molecule has 0 spiro atoms. The summed E-state index contributed by atoms with van der Waals surface area (Å²) in [5.41, 5.74) is 5.54. The van der Waals surface area contributed by atoms with Crippen LogP contribution in [-0.4, -0.2) is 53.8 Å². The molecule has 0 saturated carbocycles. The number of carbonyl (C=O) groups is 2. The maximum absolute atomic E-state index is 11.7. The average Bonchev–Trinajstić information content (AvgIpc) is 2.27. The molecule has 1 rings (SSSR count). The molecule has 2 N–H and O–H groups in total. The summed E-state index contributed by atoms with van der Waals surface area (Å²) >= 11 is 0. The normalized spacial score (nSPS) is 18.8. The number of carbonyl (C=O) groups excluding carboxylic acids is 2. The van der Waals surface area contributed by atoms with Gasteiger partial charge in [0, 0.05) is 32.1 Å². The van der Waals surface area contributed by atoms with Crippen LogP contribution in [0.15, 0.2) is 0 Å². The zero-order valence-corrected chi connectivity index (χ0v) is 10.3. The van der Waals surface area contributed by atoms with Crippen LogP contribution in [0.1, 0.15) is 20.8 Å². The number of rotatable bonds is 2. The summed E-state index contributed by atoms with van der Waals surface area (Å²) in [5, 5.41) is 0. The molecule has 1 saturated heterocycles. The molecule has 0 aromatic rings. The lowest BCUT2D eigenvalue weighted by Crippen LogP contribution is -2.54. The van der Waals surface area contributed by atoms with Gasteiger partial charge in [0.05, 0.1) is 6.04 Å². The van der Waals surface area contributed by atoms with Gasteiger partial charge in [-0.25, -0.2) is 0 Å². The van der Waals surface area contributed by atoms with Gasteiger partial charge in [-0.15, -0.1) is 0 Å². The second-order valence-corrected chi connectivity index (χ2v) is 4.59. The predicted octanol–water partition coefficient (Wildman–Crippen LogP) is -0.340. The van der Waals surface area contributed by atoms with Gasteiger partial charge in [0.25, 0.3) is 0 Å². The van der Waals surface area contributed by atoms with E-state index in [1.165, 1.54) is 0 Å². The largest absolute Gasteiger partial charge is 0.339 e. The van der Waals surface area contributed by atoms with Crippen LogP contribution in [0.5, 0.6) is 0 Å². The zero-order chi connectivity index (χ0) is 12.3. The number of hydrogen-bond donors (Lipinski definition) is 1. The highest BCUT2D eigenvalue weighted by atomic mass is 16.2. The summed E-state index contributed by atoms with van der Waals surface area (Å²) in [7, 11) is 0. The highest BCUT2D eigenvalue weighted by Gasteiger charge is 2.26. The Kier molecular flexibility index (Phi) is 4.29. The second-order valence-electron chi connectivity index (χ2n) is 4.59. The maximum atomic E-state index is 11.7. The standard InChI is InChI=1S/C11H21N3O2/c1-8(2)10(15)13-4-6-14(7-5-13)11(16)9(3)12/h8-9H,4-7,12H2,1-3H3/t9-/m1/s1. The Balaban J connectivity index is 2.45. The molecule has 16 heavy (non-hydrogen) atoms. The molecule has 5 nitrogen and oxygen atoms in total. The smallest absolute Gasteiger partial charge is 0.239 e. The number of amides is 2. The van der Waals surface area contributed by atoms with Crippen LogP contribution < -0.4 is 5.73 Å². The Hall–Kier alpha value is -1.10. The topological polar surface area (TPSA) is 66.6 Å². The average molecular weight is 227 g/mol. The molecule has 1 atom stereocenters. The summed E-state index contributed by atoms with van der Waals surface area (Å²) in [6.45, 7) is 7.90. The van der Waals surface area contributed by atoms with E-state index >= 15 is 0 Å². The summed E-state index contributed by atoms with van der Waals surface area (Å²) in [6.07, 6.45) is 0. The van der Waals surface area contributed by atoms with Gasteiger partial charge in [-0.1, -0.05) is 13.8 Å². The molecule has 0 unspecified atom stereocenters. The van der Waals surface area contributed by atoms with E-state index in [2.05, 4.69) is 0 Å². The molecule has 1 aliphatic heterocycles. The Bertz CT molecular complexity index is 240. The maximum Gasteiger partial charge on any atom is 0.239 e. The Morgan fingerprint density at radius 1 is 0.938 bits per heavy atom. The number of nitrogens with zero attached hydrogens (tertiary/aromatic N) is 2. The number of piperazine rings is 1. The van der Waals surface area contributed by atoms with Crippen LogP contribution in [0.25, 0.3) is 0 Å². The predicted molar refractivity (Wildman–Crippen MR) is 61.6 cm³/mol. The van der Waals surface area contributed by atoms with E-state index in [-0.39, 0.29) is 17.7 Å². The Morgan fingerprint density at radius 3 is 1.62 bits per heavy atom. The van der Waals surface area contributed by atoms with E-state index in [0.29, 0.717) is 26.2 Å². The molecule has 0 aromatic carbocycles. The van der Waals surface area contributed by atoms with Crippen molar-refractivity contribution in [1.29, 1.82) is 0 Å². The minimum atomic E-state index is -0.452. The van der Waals surface area contributed by atoms with Gasteiger partial charge in [-0.3, -0.25) is 9.59 Å². The fourth-order valence-corrected chi connectivity index (χ4v) is 1.80. The lowest BCUT2D eigenvalue weighted by molar-refractivity contribution is -0.141. The van der Waals surface area contributed by atoms with Crippen molar-refractivity contribution in [2.24, 2.45) is 11.7 Å². The molecule has 0 aromatic heterocycles. The van der Waals surface area contributed by atoms with Gasteiger partial charge in [0.2, 0.25) is 11.8 Å². The third-order valence-electron chi connectivity index (χ3n) is 2.79. The highest BCUT2D eigenvalue weighted by Crippen LogP contribution is 2.07. The van der Waals surface area contributed by atoms with Gasteiger partial charge < -0.3 is 15.5 Å². The van der Waals surface area contributed by atoms with Crippen LogP contribution in [0, 0.1) is 5.92 Å². The first-order chi connectivity index (χ1) is 7.43. The first-order valence-corrected chi connectivity index (χ1v) is 5.76. The molecule has 0 aliphatic carbocycles. The van der Waals surface area contributed by atoms with E-state index in [9.17, 15) is 9.59 Å². The summed E-state index contributed by atoms with van der Waals surface area (Å²) in [5.74, 6) is 0.153. The van der Waals surface area contributed by atoms with E-state index in [0.717, 1.165) is 0 Å². The molecule has 1 aliphatic rings. The van der Waals surface area contributed by atoms with Gasteiger partial charge in [-0.05, 0) is 6.92 Å². The first-order valence-electron chi connectivity index (χ1n) is 5.76. The van der Waals surface area contributed by atoms with E-state index in [1.807, 2.05) is 18.7 Å². The third kappa shape index (κ3) is 2.95. The SMILES string of the molecule is CC(C)C(=O)N1CCN(C(=O)[C@@H](C)N)CC1. The van der Waals surface area contributed by atoms with Crippen molar-refractivity contribution in [3.05, 3.63) is 0 Å². The van der Waals surface area contributed by atoms with Crippen molar-refractivity contribution in [3.63, 3.8) is 0 Å². The molecule has 1 fully saturated rings. The molecule has 5 heteroatoms. The van der Waals surface area contributed by atoms with Crippen molar-refractivity contribution in [1.82, 2.24) is 9.80 Å². The van der Waals surface area contributed by atoms with E-state index in [1.54, 1.807) is 11.8 Å². The number of hydrogen-bond acceptors (Lipinski definition) is 3. The third-order valence-corrected chi connectivity index (χ3v) is 2.79. The fourth-order valence-electron chi connectivity index (χ4n) is 1.80. The van der Waals surface area contributed by atoms with Crippen molar-refractivity contribution in [2.75, 3.05) is 26.2 Å². The Morgan fingerprint density at radius 2 is 1.31 bits per heavy atom. The molecular weight excluding hydrogens is 206 g/mol. The van der Waals surface area contributed by atoms with Crippen molar-refractivity contribution >= 4 is 11.8 Å². The van der Waals surface area contributed by atoms with Gasteiger partial charge in [0.15, 0.2) is 0 Å². The van der Waals surface area contributed by atoms with Crippen molar-refractivity contribution in [3.8, 4) is 0 Å². The van der Waals surface area contributed by atoms with Gasteiger partial charge in [0.1, 0.15) is 0 Å². The molecule has 0 radical (unpaired) electrons. The van der Waals surface area contributed by atoms with E-state index < -0.39 is 6.04 Å². The molecule has 0 bridgehead atoms. The molecule has 92 valence electrons. The Labute approximate surface area is 96.6 Å². The minimum absolute atomic E-state index is 0.0238. The lowest BCUT2D eigenvalue weighted by Gasteiger charge is -2.36. The zero-order valence-electron chi connectivity index (χ0n) is 10.3. The summed E-state index contributed by atoms with van der Waals surface area (Å²) in [4.78, 5) is 26.9. The minimum Gasteiger partial charge on any atom is -0.339 e. The van der Waals surface area contributed by atoms with Gasteiger partial charge in [-0.2, -0.15) is 0 Å².